The van der Waals surface area contributed by atoms with E-state index < -0.39 is 0 Å². The Bertz CT molecular complexity index is 92.3. The van der Waals surface area contributed by atoms with Gasteiger partial charge in [-0.05, 0) is 6.42 Å². The van der Waals surface area contributed by atoms with Gasteiger partial charge in [0.15, 0.2) is 0 Å². The second-order valence-electron chi connectivity index (χ2n) is 1.65. The molecule has 0 aromatic carbocycles. The molecule has 0 aromatic heterocycles. The molecule has 0 aromatic rings. The van der Waals surface area contributed by atoms with E-state index in [2.05, 4.69) is 17.0 Å². The van der Waals surface area contributed by atoms with Crippen LogP contribution in [0.3, 0.4) is 0 Å². The summed E-state index contributed by atoms with van der Waals surface area (Å²) in [4.78, 5) is 3.28. The third kappa shape index (κ3) is 5.22. The molecular weight excluding hydrogens is 104 g/mol. The molecule has 0 rings (SSSR count). The van der Waals surface area contributed by atoms with Crippen LogP contribution in [-0.2, 0) is 0 Å². The van der Waals surface area contributed by atoms with Crippen molar-refractivity contribution in [2.24, 2.45) is 0 Å². The topological polar surface area (TPSA) is 31.8 Å². The van der Waals surface area contributed by atoms with E-state index in [9.17, 15) is 5.21 Å². The molecule has 0 unspecified atom stereocenters. The van der Waals surface area contributed by atoms with Crippen LogP contribution < -0.4 is 0 Å². The molecule has 3 heteroatoms. The molecule has 0 fully saturated rings. The minimum Gasteiger partial charge on any atom is -0.429 e. The zero-order chi connectivity index (χ0) is 6.24. The van der Waals surface area contributed by atoms with E-state index in [1.807, 2.05) is 0 Å². The van der Waals surface area contributed by atoms with Crippen LogP contribution >= 0.6 is 0 Å². The number of unbranched alkanes of at least 4 members (excludes halogenated alkanes) is 2. The smallest absolute Gasteiger partial charge is 0.404 e. The van der Waals surface area contributed by atoms with Gasteiger partial charge in [0.25, 0.3) is 4.98 Å². The van der Waals surface area contributed by atoms with Crippen LogP contribution in [0.5, 0.6) is 0 Å². The van der Waals surface area contributed by atoms with Crippen molar-refractivity contribution in [2.75, 3.05) is 6.54 Å². The van der Waals surface area contributed by atoms with Crippen LogP contribution in [-0.4, -0.2) is 6.54 Å². The number of hydrogen-bond donors (Lipinski definition) is 0. The highest BCUT2D eigenvalue weighted by atomic mass is 16.4. The first-order valence-corrected chi connectivity index (χ1v) is 2.91. The summed E-state index contributed by atoms with van der Waals surface area (Å²) in [6, 6.07) is 0. The van der Waals surface area contributed by atoms with Gasteiger partial charge in [-0.25, -0.2) is 0 Å². The van der Waals surface area contributed by atoms with E-state index in [1.54, 1.807) is 0 Å². The van der Waals surface area contributed by atoms with Gasteiger partial charge in [0, 0.05) is 6.42 Å². The van der Waals surface area contributed by atoms with Gasteiger partial charge in [-0.15, -0.1) is 0 Å². The van der Waals surface area contributed by atoms with Gasteiger partial charge in [0.05, 0.1) is 0 Å². The lowest BCUT2D eigenvalue weighted by molar-refractivity contribution is 0.757. The van der Waals surface area contributed by atoms with Gasteiger partial charge in [0.2, 0.25) is 0 Å². The number of rotatable bonds is 3. The van der Waals surface area contributed by atoms with Gasteiger partial charge in [-0.1, -0.05) is 13.3 Å². The lowest BCUT2D eigenvalue weighted by Crippen LogP contribution is -1.74. The lowest BCUT2D eigenvalue weighted by Gasteiger charge is -1.78. The van der Waals surface area contributed by atoms with Crippen LogP contribution in [0.1, 0.15) is 26.2 Å². The average Bonchev–Trinajstić information content (AvgIpc) is 1.81. The van der Waals surface area contributed by atoms with Crippen molar-refractivity contribution in [3.8, 4) is 0 Å². The molecule has 0 N–H and O–H groups in total. The summed E-state index contributed by atoms with van der Waals surface area (Å²) in [5.74, 6) is 0. The van der Waals surface area contributed by atoms with E-state index in [-0.39, 0.29) is 0 Å². The predicted octanol–water partition coefficient (Wildman–Crippen LogP) is 2.34. The Labute approximate surface area is 49.1 Å². The summed E-state index contributed by atoms with van der Waals surface area (Å²) >= 11 is 0. The van der Waals surface area contributed by atoms with Crippen LogP contribution in [0.15, 0.2) is 0 Å². The molecule has 0 spiro atoms. The van der Waals surface area contributed by atoms with Crippen molar-refractivity contribution in [2.45, 2.75) is 26.2 Å². The van der Waals surface area contributed by atoms with Crippen LogP contribution in [0.4, 0.5) is 0 Å². The highest BCUT2D eigenvalue weighted by Crippen LogP contribution is 1.92. The van der Waals surface area contributed by atoms with Gasteiger partial charge in [0.1, 0.15) is 0 Å². The Morgan fingerprint density at radius 3 is 2.62 bits per heavy atom. The molecule has 0 bridgehead atoms. The quantitative estimate of drug-likeness (QED) is 0.315. The first kappa shape index (κ1) is 7.22. The Hall–Kier alpha value is -0.780. The standard InChI is InChI=1S/C5H11N2O/c1-2-3-4-5-6-7-8/h2-5H2,1H3/q+1. The summed E-state index contributed by atoms with van der Waals surface area (Å²) in [7, 11) is 0. The largest absolute Gasteiger partial charge is 0.429 e. The average molecular weight is 115 g/mol. The molecule has 0 atom stereocenters. The monoisotopic (exact) mass is 115 g/mol. The second-order valence-corrected chi connectivity index (χ2v) is 1.65. The molecular formula is C5H11N2O+. The Balaban J connectivity index is 2.79. The maximum absolute atomic E-state index is 9.35. The SMILES string of the molecule is CCCCC[N+]#[N+][O-]. The van der Waals surface area contributed by atoms with Crippen molar-refractivity contribution in [1.29, 1.82) is 0 Å². The number of diazo groups is 1. The summed E-state index contributed by atoms with van der Waals surface area (Å²) in [5, 5.41) is 11.7. The maximum Gasteiger partial charge on any atom is 0.404 e. The summed E-state index contributed by atoms with van der Waals surface area (Å²) in [5.41, 5.74) is 0. The van der Waals surface area contributed by atoms with Crippen LogP contribution in [0, 0.1) is 5.21 Å². The second kappa shape index (κ2) is 6.22. The molecule has 0 amide bonds. The molecule has 0 aliphatic rings. The van der Waals surface area contributed by atoms with E-state index in [1.165, 1.54) is 0 Å². The Morgan fingerprint density at radius 1 is 1.38 bits per heavy atom. The van der Waals surface area contributed by atoms with Crippen molar-refractivity contribution in [3.05, 3.63) is 15.3 Å². The minimum absolute atomic E-state index is 0.595. The Kier molecular flexibility index (Phi) is 5.61. The maximum atomic E-state index is 9.35. The number of nitrogens with zero attached hydrogens (tertiary/aromatic N) is 2. The molecule has 0 saturated carbocycles. The molecule has 46 valence electrons. The molecule has 0 aliphatic carbocycles. The highest BCUT2D eigenvalue weighted by Gasteiger charge is 1.95. The molecule has 3 nitrogen and oxygen atoms in total. The molecule has 0 saturated heterocycles. The van der Waals surface area contributed by atoms with Crippen molar-refractivity contribution in [1.82, 2.24) is 0 Å². The summed E-state index contributed by atoms with van der Waals surface area (Å²) in [6.07, 6.45) is 3.29. The summed E-state index contributed by atoms with van der Waals surface area (Å²) < 4.78 is 0. The Morgan fingerprint density at radius 2 is 2.12 bits per heavy atom. The molecule has 0 aliphatic heterocycles. The first-order chi connectivity index (χ1) is 3.91. The van der Waals surface area contributed by atoms with Gasteiger partial charge >= 0.3 is 11.7 Å². The van der Waals surface area contributed by atoms with E-state index in [4.69, 9.17) is 0 Å². The van der Waals surface area contributed by atoms with Gasteiger partial charge in [-0.3, -0.25) is 0 Å². The first-order valence-electron chi connectivity index (χ1n) is 2.91. The van der Waals surface area contributed by atoms with Crippen molar-refractivity contribution < 1.29 is 0 Å². The molecule has 0 heterocycles. The fourth-order valence-electron chi connectivity index (χ4n) is 0.473. The van der Waals surface area contributed by atoms with Crippen molar-refractivity contribution in [3.63, 3.8) is 0 Å². The summed E-state index contributed by atoms with van der Waals surface area (Å²) in [6.45, 7) is 2.70. The zero-order valence-corrected chi connectivity index (χ0v) is 5.13. The van der Waals surface area contributed by atoms with E-state index in [0.29, 0.717) is 6.54 Å². The minimum atomic E-state index is 0.595. The van der Waals surface area contributed by atoms with Gasteiger partial charge in [-0.2, -0.15) is 0 Å². The zero-order valence-electron chi connectivity index (χ0n) is 5.13. The normalized spacial score (nSPS) is 7.62. The fourth-order valence-corrected chi connectivity index (χ4v) is 0.473. The van der Waals surface area contributed by atoms with Crippen LogP contribution in [0.25, 0.3) is 10.1 Å². The van der Waals surface area contributed by atoms with Crippen molar-refractivity contribution >= 4 is 0 Å². The number of hydrogen-bond acceptors (Lipinski definition) is 1. The molecule has 0 radical (unpaired) electrons. The lowest BCUT2D eigenvalue weighted by atomic mass is 10.3. The third-order valence-electron chi connectivity index (χ3n) is 0.919. The van der Waals surface area contributed by atoms with E-state index in [0.717, 1.165) is 19.3 Å². The predicted molar refractivity (Wildman–Crippen MR) is 34.5 cm³/mol. The molecule has 8 heavy (non-hydrogen) atoms. The highest BCUT2D eigenvalue weighted by molar-refractivity contribution is 4.70. The van der Waals surface area contributed by atoms with Gasteiger partial charge < -0.3 is 5.21 Å². The van der Waals surface area contributed by atoms with Crippen LogP contribution in [0.2, 0.25) is 0 Å². The fraction of sp³-hybridized carbons (Fsp3) is 1.00. The third-order valence-corrected chi connectivity index (χ3v) is 0.919. The van der Waals surface area contributed by atoms with E-state index >= 15 is 0 Å².